The molecule has 0 saturated carbocycles. The van der Waals surface area contributed by atoms with Gasteiger partial charge in [-0.05, 0) is 44.0 Å². The van der Waals surface area contributed by atoms with Gasteiger partial charge in [0, 0.05) is 11.3 Å². The van der Waals surface area contributed by atoms with E-state index >= 15 is 0 Å². The Bertz CT molecular complexity index is 563. The molecule has 0 radical (unpaired) electrons. The van der Waals surface area contributed by atoms with Gasteiger partial charge in [0.25, 0.3) is 0 Å². The molecule has 0 amide bonds. The maximum atomic E-state index is 6.17. The Labute approximate surface area is 122 Å². The standard InChI is InChI=1S/C14H15Cl2NS/c1-8-4-5-9(2)12(6-8)17-10(3)11-7-13(15)18-14(11)16/h4-7,10,17H,1-3H3. The van der Waals surface area contributed by atoms with Crippen LogP contribution in [0.25, 0.3) is 0 Å². The molecule has 0 aliphatic carbocycles. The van der Waals surface area contributed by atoms with Crippen LogP contribution in [-0.4, -0.2) is 0 Å². The number of aryl methyl sites for hydroxylation is 2. The quantitative estimate of drug-likeness (QED) is 0.750. The van der Waals surface area contributed by atoms with E-state index in [2.05, 4.69) is 44.3 Å². The number of anilines is 1. The minimum Gasteiger partial charge on any atom is -0.378 e. The zero-order chi connectivity index (χ0) is 13.3. The van der Waals surface area contributed by atoms with Crippen LogP contribution in [0.1, 0.15) is 29.7 Å². The third kappa shape index (κ3) is 3.00. The Kier molecular flexibility index (Phi) is 4.21. The van der Waals surface area contributed by atoms with Gasteiger partial charge in [0.05, 0.1) is 14.7 Å². The topological polar surface area (TPSA) is 12.0 Å². The number of thiophene rings is 1. The summed E-state index contributed by atoms with van der Waals surface area (Å²) in [4.78, 5) is 0. The smallest absolute Gasteiger partial charge is 0.0996 e. The average molecular weight is 300 g/mol. The Hall–Kier alpha value is -0.700. The molecule has 1 aromatic carbocycles. The fourth-order valence-electron chi connectivity index (χ4n) is 1.85. The van der Waals surface area contributed by atoms with Crippen molar-refractivity contribution in [3.8, 4) is 0 Å². The minimum absolute atomic E-state index is 0.141. The Morgan fingerprint density at radius 2 is 1.89 bits per heavy atom. The van der Waals surface area contributed by atoms with Crippen LogP contribution in [0.5, 0.6) is 0 Å². The van der Waals surface area contributed by atoms with Gasteiger partial charge in [0.15, 0.2) is 0 Å². The summed E-state index contributed by atoms with van der Waals surface area (Å²) >= 11 is 13.6. The lowest BCUT2D eigenvalue weighted by atomic mass is 10.1. The molecule has 4 heteroatoms. The molecule has 0 aliphatic rings. The molecule has 2 aromatic rings. The Morgan fingerprint density at radius 1 is 1.17 bits per heavy atom. The number of halogens is 2. The van der Waals surface area contributed by atoms with Crippen LogP contribution in [0.4, 0.5) is 5.69 Å². The molecule has 1 unspecified atom stereocenters. The van der Waals surface area contributed by atoms with Crippen molar-refractivity contribution in [3.05, 3.63) is 49.6 Å². The van der Waals surface area contributed by atoms with Crippen LogP contribution in [0.15, 0.2) is 24.3 Å². The lowest BCUT2D eigenvalue weighted by Gasteiger charge is -2.17. The SMILES string of the molecule is Cc1ccc(C)c(NC(C)c2cc(Cl)sc2Cl)c1. The van der Waals surface area contributed by atoms with E-state index < -0.39 is 0 Å². The average Bonchev–Trinajstić information content (AvgIpc) is 2.63. The lowest BCUT2D eigenvalue weighted by molar-refractivity contribution is 0.888. The first-order valence-corrected chi connectivity index (χ1v) is 7.33. The molecular formula is C14H15Cl2NS. The number of rotatable bonds is 3. The third-order valence-corrected chi connectivity index (χ3v) is 4.43. The van der Waals surface area contributed by atoms with Crippen LogP contribution in [-0.2, 0) is 0 Å². The van der Waals surface area contributed by atoms with Gasteiger partial charge >= 0.3 is 0 Å². The molecule has 0 spiro atoms. The summed E-state index contributed by atoms with van der Waals surface area (Å²) in [5.41, 5.74) is 4.66. The van der Waals surface area contributed by atoms with Crippen molar-refractivity contribution in [2.45, 2.75) is 26.8 Å². The van der Waals surface area contributed by atoms with Crippen molar-refractivity contribution in [2.24, 2.45) is 0 Å². The molecule has 0 saturated heterocycles. The van der Waals surface area contributed by atoms with Crippen LogP contribution in [0.3, 0.4) is 0 Å². The fraction of sp³-hybridized carbons (Fsp3) is 0.286. The van der Waals surface area contributed by atoms with E-state index in [4.69, 9.17) is 23.2 Å². The maximum absolute atomic E-state index is 6.17. The molecular weight excluding hydrogens is 285 g/mol. The van der Waals surface area contributed by atoms with E-state index in [1.54, 1.807) is 0 Å². The van der Waals surface area contributed by atoms with Crippen LogP contribution >= 0.6 is 34.5 Å². The van der Waals surface area contributed by atoms with Crippen molar-refractivity contribution < 1.29 is 0 Å². The van der Waals surface area contributed by atoms with Gasteiger partial charge in [-0.3, -0.25) is 0 Å². The number of benzene rings is 1. The van der Waals surface area contributed by atoms with E-state index in [1.165, 1.54) is 22.5 Å². The van der Waals surface area contributed by atoms with Crippen LogP contribution in [0.2, 0.25) is 8.67 Å². The summed E-state index contributed by atoms with van der Waals surface area (Å²) in [5, 5.41) is 3.49. The molecule has 2 rings (SSSR count). The predicted molar refractivity (Wildman–Crippen MR) is 82.3 cm³/mol. The second-order valence-corrected chi connectivity index (χ2v) is 6.75. The fourth-order valence-corrected chi connectivity index (χ4v) is 3.50. The normalized spacial score (nSPS) is 12.5. The van der Waals surface area contributed by atoms with Gasteiger partial charge in [0.2, 0.25) is 0 Å². The highest BCUT2D eigenvalue weighted by Gasteiger charge is 2.13. The largest absolute Gasteiger partial charge is 0.378 e. The summed E-state index contributed by atoms with van der Waals surface area (Å²) in [6.07, 6.45) is 0. The zero-order valence-electron chi connectivity index (χ0n) is 10.6. The first-order valence-electron chi connectivity index (χ1n) is 5.76. The molecule has 96 valence electrons. The Balaban J connectivity index is 2.23. The van der Waals surface area contributed by atoms with Gasteiger partial charge < -0.3 is 5.32 Å². The van der Waals surface area contributed by atoms with E-state index in [1.807, 2.05) is 6.07 Å². The van der Waals surface area contributed by atoms with Crippen LogP contribution in [0, 0.1) is 13.8 Å². The van der Waals surface area contributed by atoms with Gasteiger partial charge in [0.1, 0.15) is 0 Å². The molecule has 0 fully saturated rings. The van der Waals surface area contributed by atoms with Crippen molar-refractivity contribution >= 4 is 40.2 Å². The van der Waals surface area contributed by atoms with E-state index in [-0.39, 0.29) is 6.04 Å². The number of nitrogens with one attached hydrogen (secondary N) is 1. The number of hydrogen-bond acceptors (Lipinski definition) is 2. The second kappa shape index (κ2) is 5.52. The third-order valence-electron chi connectivity index (χ3n) is 2.91. The first-order chi connectivity index (χ1) is 8.47. The Morgan fingerprint density at radius 3 is 2.50 bits per heavy atom. The highest BCUT2D eigenvalue weighted by Crippen LogP contribution is 2.36. The van der Waals surface area contributed by atoms with Crippen molar-refractivity contribution in [1.29, 1.82) is 0 Å². The molecule has 1 nitrogen and oxygen atoms in total. The van der Waals surface area contributed by atoms with Crippen molar-refractivity contribution in [2.75, 3.05) is 5.32 Å². The highest BCUT2D eigenvalue weighted by molar-refractivity contribution is 7.20. The highest BCUT2D eigenvalue weighted by atomic mass is 35.5. The molecule has 0 aliphatic heterocycles. The van der Waals surface area contributed by atoms with Crippen molar-refractivity contribution in [1.82, 2.24) is 0 Å². The molecule has 1 atom stereocenters. The molecule has 1 aromatic heterocycles. The van der Waals surface area contributed by atoms with Crippen molar-refractivity contribution in [3.63, 3.8) is 0 Å². The molecule has 1 heterocycles. The summed E-state index contributed by atoms with van der Waals surface area (Å²) in [6.45, 7) is 6.27. The summed E-state index contributed by atoms with van der Waals surface area (Å²) in [6, 6.07) is 8.44. The molecule has 1 N–H and O–H groups in total. The van der Waals surface area contributed by atoms with Gasteiger partial charge in [-0.1, -0.05) is 35.3 Å². The van der Waals surface area contributed by atoms with Gasteiger partial charge in [-0.25, -0.2) is 0 Å². The minimum atomic E-state index is 0.141. The lowest BCUT2D eigenvalue weighted by Crippen LogP contribution is -2.07. The van der Waals surface area contributed by atoms with E-state index in [9.17, 15) is 0 Å². The van der Waals surface area contributed by atoms with E-state index in [0.29, 0.717) is 0 Å². The second-order valence-electron chi connectivity index (χ2n) is 4.46. The molecule has 18 heavy (non-hydrogen) atoms. The van der Waals surface area contributed by atoms with Gasteiger partial charge in [-0.2, -0.15) is 0 Å². The summed E-state index contributed by atoms with van der Waals surface area (Å²) in [5.74, 6) is 0. The zero-order valence-corrected chi connectivity index (χ0v) is 12.9. The van der Waals surface area contributed by atoms with Gasteiger partial charge in [-0.15, -0.1) is 11.3 Å². The summed E-state index contributed by atoms with van der Waals surface area (Å²) < 4.78 is 1.48. The maximum Gasteiger partial charge on any atom is 0.0996 e. The van der Waals surface area contributed by atoms with E-state index in [0.717, 1.165) is 19.9 Å². The summed E-state index contributed by atoms with van der Waals surface area (Å²) in [7, 11) is 0. The monoisotopic (exact) mass is 299 g/mol. The first kappa shape index (κ1) is 13.7. The molecule has 0 bridgehead atoms. The van der Waals surface area contributed by atoms with Crippen LogP contribution < -0.4 is 5.32 Å². The number of hydrogen-bond donors (Lipinski definition) is 1. The predicted octanol–water partition coefficient (Wildman–Crippen LogP) is 5.84.